The zero-order valence-electron chi connectivity index (χ0n) is 13.8. The highest BCUT2D eigenvalue weighted by Crippen LogP contribution is 2.17. The van der Waals surface area contributed by atoms with Gasteiger partial charge >= 0.3 is 0 Å². The molecule has 3 rings (SSSR count). The number of benzene rings is 2. The second kappa shape index (κ2) is 8.32. The summed E-state index contributed by atoms with van der Waals surface area (Å²) in [7, 11) is 0. The van der Waals surface area contributed by atoms with Gasteiger partial charge in [-0.05, 0) is 23.6 Å². The first-order valence-corrected chi connectivity index (χ1v) is 8.87. The number of halogens is 1. The fourth-order valence-electron chi connectivity index (χ4n) is 3.10. The molecule has 0 bridgehead atoms. The van der Waals surface area contributed by atoms with Gasteiger partial charge in [-0.2, -0.15) is 0 Å². The first-order valence-electron chi connectivity index (χ1n) is 8.50. The monoisotopic (exact) mass is 342 g/mol. The van der Waals surface area contributed by atoms with Crippen LogP contribution in [-0.2, 0) is 17.8 Å². The van der Waals surface area contributed by atoms with Gasteiger partial charge in [-0.3, -0.25) is 9.69 Å². The minimum absolute atomic E-state index is 0.231. The highest BCUT2D eigenvalue weighted by atomic mass is 35.5. The SMILES string of the molecule is O=C(CCc1ccccc1Cl)N1CCN(Cc2ccccc2)CC1. The Bertz CT molecular complexity index is 666. The second-order valence-corrected chi connectivity index (χ2v) is 6.64. The summed E-state index contributed by atoms with van der Waals surface area (Å²) in [6.07, 6.45) is 1.24. The van der Waals surface area contributed by atoms with Crippen LogP contribution in [0.25, 0.3) is 0 Å². The number of rotatable bonds is 5. The van der Waals surface area contributed by atoms with E-state index in [0.29, 0.717) is 12.8 Å². The highest BCUT2D eigenvalue weighted by Gasteiger charge is 2.20. The highest BCUT2D eigenvalue weighted by molar-refractivity contribution is 6.31. The van der Waals surface area contributed by atoms with Gasteiger partial charge in [-0.25, -0.2) is 0 Å². The first-order chi connectivity index (χ1) is 11.7. The van der Waals surface area contributed by atoms with Crippen molar-refractivity contribution in [2.24, 2.45) is 0 Å². The molecule has 0 N–H and O–H groups in total. The van der Waals surface area contributed by atoms with Gasteiger partial charge in [-0.15, -0.1) is 0 Å². The van der Waals surface area contributed by atoms with E-state index in [1.807, 2.05) is 35.2 Å². The van der Waals surface area contributed by atoms with Gasteiger partial charge in [-0.1, -0.05) is 60.1 Å². The van der Waals surface area contributed by atoms with Gasteiger partial charge in [0, 0.05) is 44.2 Å². The van der Waals surface area contributed by atoms with Gasteiger partial charge in [0.1, 0.15) is 0 Å². The Morgan fingerprint density at radius 2 is 1.58 bits per heavy atom. The molecule has 0 aliphatic carbocycles. The molecule has 1 aliphatic heterocycles. The molecule has 1 fully saturated rings. The third-order valence-electron chi connectivity index (χ3n) is 4.54. The van der Waals surface area contributed by atoms with Crippen molar-refractivity contribution >= 4 is 17.5 Å². The molecule has 0 spiro atoms. The lowest BCUT2D eigenvalue weighted by atomic mass is 10.1. The van der Waals surface area contributed by atoms with E-state index in [4.69, 9.17) is 11.6 Å². The van der Waals surface area contributed by atoms with Gasteiger partial charge in [0.15, 0.2) is 0 Å². The molecule has 126 valence electrons. The van der Waals surface area contributed by atoms with E-state index < -0.39 is 0 Å². The van der Waals surface area contributed by atoms with Crippen LogP contribution < -0.4 is 0 Å². The van der Waals surface area contributed by atoms with Crippen LogP contribution in [0.3, 0.4) is 0 Å². The predicted molar refractivity (Wildman–Crippen MR) is 98.1 cm³/mol. The van der Waals surface area contributed by atoms with Crippen molar-refractivity contribution in [1.82, 2.24) is 9.80 Å². The minimum atomic E-state index is 0.231. The summed E-state index contributed by atoms with van der Waals surface area (Å²) in [4.78, 5) is 16.8. The molecule has 2 aromatic rings. The van der Waals surface area contributed by atoms with E-state index in [1.54, 1.807) is 0 Å². The Balaban J connectivity index is 1.44. The largest absolute Gasteiger partial charge is 0.340 e. The Hall–Kier alpha value is -1.84. The molecule has 1 heterocycles. The van der Waals surface area contributed by atoms with Gasteiger partial charge < -0.3 is 4.90 Å². The van der Waals surface area contributed by atoms with Crippen LogP contribution in [0, 0.1) is 0 Å². The molecule has 24 heavy (non-hydrogen) atoms. The van der Waals surface area contributed by atoms with E-state index in [1.165, 1.54) is 5.56 Å². The number of piperazine rings is 1. The number of carbonyl (C=O) groups excluding carboxylic acids is 1. The smallest absolute Gasteiger partial charge is 0.222 e. The Morgan fingerprint density at radius 1 is 0.917 bits per heavy atom. The average Bonchev–Trinajstić information content (AvgIpc) is 2.62. The Kier molecular flexibility index (Phi) is 5.89. The maximum Gasteiger partial charge on any atom is 0.222 e. The topological polar surface area (TPSA) is 23.6 Å². The number of nitrogens with zero attached hydrogens (tertiary/aromatic N) is 2. The summed E-state index contributed by atoms with van der Waals surface area (Å²) in [5.41, 5.74) is 2.38. The summed E-state index contributed by atoms with van der Waals surface area (Å²) >= 11 is 6.16. The average molecular weight is 343 g/mol. The van der Waals surface area contributed by atoms with Crippen LogP contribution in [0.2, 0.25) is 5.02 Å². The Labute approximate surface area is 148 Å². The number of aryl methyl sites for hydroxylation is 1. The van der Waals surface area contributed by atoms with Gasteiger partial charge in [0.2, 0.25) is 5.91 Å². The molecule has 1 amide bonds. The third kappa shape index (κ3) is 4.59. The molecule has 1 aliphatic rings. The number of carbonyl (C=O) groups is 1. The zero-order chi connectivity index (χ0) is 16.8. The fourth-order valence-corrected chi connectivity index (χ4v) is 3.33. The lowest BCUT2D eigenvalue weighted by Crippen LogP contribution is -2.48. The molecule has 0 radical (unpaired) electrons. The van der Waals surface area contributed by atoms with E-state index >= 15 is 0 Å². The third-order valence-corrected chi connectivity index (χ3v) is 4.91. The van der Waals surface area contributed by atoms with E-state index in [2.05, 4.69) is 29.2 Å². The molecule has 0 saturated carbocycles. The molecule has 0 aromatic heterocycles. The summed E-state index contributed by atoms with van der Waals surface area (Å²) in [6.45, 7) is 4.46. The molecule has 0 unspecified atom stereocenters. The second-order valence-electron chi connectivity index (χ2n) is 6.23. The maximum absolute atomic E-state index is 12.4. The summed E-state index contributed by atoms with van der Waals surface area (Å²) in [6, 6.07) is 18.2. The van der Waals surface area contributed by atoms with Crippen molar-refractivity contribution in [3.8, 4) is 0 Å². The van der Waals surface area contributed by atoms with Crippen LogP contribution in [0.15, 0.2) is 54.6 Å². The predicted octanol–water partition coefficient (Wildman–Crippen LogP) is 3.62. The maximum atomic E-state index is 12.4. The van der Waals surface area contributed by atoms with E-state index in [9.17, 15) is 4.79 Å². The van der Waals surface area contributed by atoms with Crippen molar-refractivity contribution < 1.29 is 4.79 Å². The van der Waals surface area contributed by atoms with Crippen molar-refractivity contribution in [1.29, 1.82) is 0 Å². The van der Waals surface area contributed by atoms with Gasteiger partial charge in [0.25, 0.3) is 0 Å². The van der Waals surface area contributed by atoms with E-state index in [0.717, 1.165) is 43.3 Å². The van der Waals surface area contributed by atoms with Gasteiger partial charge in [0.05, 0.1) is 0 Å². The molecular formula is C20H23ClN2O. The normalized spacial score (nSPS) is 15.5. The summed E-state index contributed by atoms with van der Waals surface area (Å²) < 4.78 is 0. The molecule has 0 atom stereocenters. The lowest BCUT2D eigenvalue weighted by molar-refractivity contribution is -0.133. The molecule has 4 heteroatoms. The molecular weight excluding hydrogens is 320 g/mol. The Morgan fingerprint density at radius 3 is 2.29 bits per heavy atom. The number of amides is 1. The van der Waals surface area contributed by atoms with Crippen molar-refractivity contribution in [2.45, 2.75) is 19.4 Å². The van der Waals surface area contributed by atoms with Crippen molar-refractivity contribution in [3.05, 3.63) is 70.7 Å². The van der Waals surface area contributed by atoms with E-state index in [-0.39, 0.29) is 5.91 Å². The summed E-state index contributed by atoms with van der Waals surface area (Å²) in [5, 5.41) is 0.748. The number of hydrogen-bond donors (Lipinski definition) is 0. The number of hydrogen-bond acceptors (Lipinski definition) is 2. The quantitative estimate of drug-likeness (QED) is 0.828. The van der Waals surface area contributed by atoms with Crippen LogP contribution in [0.5, 0.6) is 0 Å². The van der Waals surface area contributed by atoms with Crippen molar-refractivity contribution in [2.75, 3.05) is 26.2 Å². The van der Waals surface area contributed by atoms with Crippen LogP contribution >= 0.6 is 11.6 Å². The lowest BCUT2D eigenvalue weighted by Gasteiger charge is -2.34. The fraction of sp³-hybridized carbons (Fsp3) is 0.350. The summed E-state index contributed by atoms with van der Waals surface area (Å²) in [5.74, 6) is 0.231. The van der Waals surface area contributed by atoms with Crippen LogP contribution in [0.4, 0.5) is 0 Å². The first kappa shape index (κ1) is 17.0. The molecule has 3 nitrogen and oxygen atoms in total. The molecule has 1 saturated heterocycles. The minimum Gasteiger partial charge on any atom is -0.340 e. The zero-order valence-corrected chi connectivity index (χ0v) is 14.6. The standard InChI is InChI=1S/C20H23ClN2O/c21-19-9-5-4-8-18(19)10-11-20(24)23-14-12-22(13-15-23)16-17-6-2-1-3-7-17/h1-9H,10-16H2. The van der Waals surface area contributed by atoms with Crippen LogP contribution in [0.1, 0.15) is 17.5 Å². The molecule has 2 aromatic carbocycles. The van der Waals surface area contributed by atoms with Crippen molar-refractivity contribution in [3.63, 3.8) is 0 Å². The van der Waals surface area contributed by atoms with Crippen LogP contribution in [-0.4, -0.2) is 41.9 Å².